The van der Waals surface area contributed by atoms with Crippen molar-refractivity contribution in [2.45, 2.75) is 33.2 Å². The normalized spacial score (nSPS) is 20.3. The molecule has 1 aliphatic heterocycles. The molecule has 1 rings (SSSR count). The van der Waals surface area contributed by atoms with E-state index in [0.29, 0.717) is 12.0 Å². The number of hydrogen-bond acceptors (Lipinski definition) is 1. The Kier molecular flexibility index (Phi) is 2.90. The number of carbonyl (C=O) groups is 1. The molecule has 12 heavy (non-hydrogen) atoms. The minimum atomic E-state index is 0.169. The lowest BCUT2D eigenvalue weighted by molar-refractivity contribution is -0.129. The van der Waals surface area contributed by atoms with Crippen LogP contribution in [0.2, 0.25) is 0 Å². The first-order valence-electron chi connectivity index (χ1n) is 4.60. The zero-order valence-corrected chi connectivity index (χ0v) is 8.08. The number of hydrogen-bond donors (Lipinski definition) is 0. The third kappa shape index (κ3) is 1.87. The molecule has 0 aromatic carbocycles. The van der Waals surface area contributed by atoms with Crippen LogP contribution in [0, 0.1) is 5.92 Å². The van der Waals surface area contributed by atoms with E-state index < -0.39 is 0 Å². The largest absolute Gasteiger partial charge is 0.336 e. The van der Waals surface area contributed by atoms with E-state index in [0.717, 1.165) is 13.0 Å². The molecule has 1 aliphatic rings. The summed E-state index contributed by atoms with van der Waals surface area (Å²) in [7, 11) is 0. The quantitative estimate of drug-likeness (QED) is 0.614. The van der Waals surface area contributed by atoms with Gasteiger partial charge in [0.1, 0.15) is 0 Å². The van der Waals surface area contributed by atoms with E-state index in [1.807, 2.05) is 11.0 Å². The SMILES string of the molecule is CC(C)[C@@H](C)N1CCC=CC1=O. The predicted octanol–water partition coefficient (Wildman–Crippen LogP) is 1.82. The third-order valence-electron chi connectivity index (χ3n) is 2.54. The summed E-state index contributed by atoms with van der Waals surface area (Å²) >= 11 is 0. The van der Waals surface area contributed by atoms with Gasteiger partial charge < -0.3 is 4.90 Å². The summed E-state index contributed by atoms with van der Waals surface area (Å²) in [6.07, 6.45) is 4.64. The first-order chi connectivity index (χ1) is 5.63. The second-order valence-electron chi connectivity index (χ2n) is 3.71. The van der Waals surface area contributed by atoms with Crippen LogP contribution in [0.15, 0.2) is 12.2 Å². The number of rotatable bonds is 2. The van der Waals surface area contributed by atoms with Crippen molar-refractivity contribution in [1.29, 1.82) is 0 Å². The molecule has 2 nitrogen and oxygen atoms in total. The Morgan fingerprint density at radius 1 is 1.42 bits per heavy atom. The molecule has 0 unspecified atom stereocenters. The van der Waals surface area contributed by atoms with Crippen LogP contribution in [0.4, 0.5) is 0 Å². The smallest absolute Gasteiger partial charge is 0.246 e. The van der Waals surface area contributed by atoms with Gasteiger partial charge in [-0.2, -0.15) is 0 Å². The molecule has 0 bridgehead atoms. The van der Waals surface area contributed by atoms with Crippen LogP contribution in [0.3, 0.4) is 0 Å². The van der Waals surface area contributed by atoms with Crippen molar-refractivity contribution in [2.75, 3.05) is 6.54 Å². The molecule has 0 saturated carbocycles. The molecule has 0 aromatic heterocycles. The van der Waals surface area contributed by atoms with Crippen molar-refractivity contribution in [3.05, 3.63) is 12.2 Å². The summed E-state index contributed by atoms with van der Waals surface area (Å²) < 4.78 is 0. The van der Waals surface area contributed by atoms with E-state index in [4.69, 9.17) is 0 Å². The fourth-order valence-electron chi connectivity index (χ4n) is 1.37. The highest BCUT2D eigenvalue weighted by atomic mass is 16.2. The summed E-state index contributed by atoms with van der Waals surface area (Å²) in [5, 5.41) is 0. The Balaban J connectivity index is 2.62. The van der Waals surface area contributed by atoms with Gasteiger partial charge in [-0.25, -0.2) is 0 Å². The molecular weight excluding hydrogens is 150 g/mol. The van der Waals surface area contributed by atoms with E-state index in [9.17, 15) is 4.79 Å². The molecule has 1 amide bonds. The Morgan fingerprint density at radius 3 is 2.58 bits per heavy atom. The molecule has 0 fully saturated rings. The van der Waals surface area contributed by atoms with E-state index in [-0.39, 0.29) is 5.91 Å². The molecule has 0 aliphatic carbocycles. The Labute approximate surface area is 74.2 Å². The van der Waals surface area contributed by atoms with Gasteiger partial charge >= 0.3 is 0 Å². The van der Waals surface area contributed by atoms with E-state index in [2.05, 4.69) is 20.8 Å². The Hall–Kier alpha value is -0.790. The molecule has 0 aromatic rings. The Morgan fingerprint density at radius 2 is 2.08 bits per heavy atom. The fraction of sp³-hybridized carbons (Fsp3) is 0.700. The molecule has 0 radical (unpaired) electrons. The van der Waals surface area contributed by atoms with Gasteiger partial charge in [0, 0.05) is 12.6 Å². The number of amides is 1. The summed E-state index contributed by atoms with van der Waals surface area (Å²) in [6.45, 7) is 7.29. The maximum absolute atomic E-state index is 11.4. The maximum atomic E-state index is 11.4. The average Bonchev–Trinajstić information content (AvgIpc) is 2.04. The minimum absolute atomic E-state index is 0.169. The van der Waals surface area contributed by atoms with Crippen molar-refractivity contribution in [1.82, 2.24) is 4.90 Å². The average molecular weight is 167 g/mol. The monoisotopic (exact) mass is 167 g/mol. The van der Waals surface area contributed by atoms with Crippen LogP contribution in [-0.4, -0.2) is 23.4 Å². The van der Waals surface area contributed by atoms with Gasteiger partial charge in [-0.1, -0.05) is 19.9 Å². The van der Waals surface area contributed by atoms with Gasteiger partial charge in [-0.3, -0.25) is 4.79 Å². The topological polar surface area (TPSA) is 20.3 Å². The zero-order valence-electron chi connectivity index (χ0n) is 8.08. The molecule has 1 heterocycles. The lowest BCUT2D eigenvalue weighted by atomic mass is 10.0. The highest BCUT2D eigenvalue weighted by Crippen LogP contribution is 2.14. The molecule has 68 valence electrons. The lowest BCUT2D eigenvalue weighted by Gasteiger charge is -2.32. The number of carbonyl (C=O) groups excluding carboxylic acids is 1. The van der Waals surface area contributed by atoms with Crippen molar-refractivity contribution in [3.8, 4) is 0 Å². The summed E-state index contributed by atoms with van der Waals surface area (Å²) in [4.78, 5) is 13.3. The molecule has 0 N–H and O–H groups in total. The summed E-state index contributed by atoms with van der Waals surface area (Å²) in [5.74, 6) is 0.711. The Bertz CT molecular complexity index is 196. The molecule has 0 spiro atoms. The van der Waals surface area contributed by atoms with Gasteiger partial charge in [0.25, 0.3) is 0 Å². The van der Waals surface area contributed by atoms with Crippen molar-refractivity contribution in [3.63, 3.8) is 0 Å². The second kappa shape index (κ2) is 3.74. The van der Waals surface area contributed by atoms with Crippen LogP contribution < -0.4 is 0 Å². The van der Waals surface area contributed by atoms with Crippen molar-refractivity contribution < 1.29 is 4.79 Å². The molecule has 1 atom stereocenters. The van der Waals surface area contributed by atoms with Gasteiger partial charge in [0.05, 0.1) is 0 Å². The lowest BCUT2D eigenvalue weighted by Crippen LogP contribution is -2.42. The molecular formula is C10H17NO. The van der Waals surface area contributed by atoms with E-state index in [1.54, 1.807) is 6.08 Å². The van der Waals surface area contributed by atoms with E-state index >= 15 is 0 Å². The third-order valence-corrected chi connectivity index (χ3v) is 2.54. The summed E-state index contributed by atoms with van der Waals surface area (Å²) in [5.41, 5.74) is 0. The standard InChI is InChI=1S/C10H17NO/c1-8(2)9(3)11-7-5-4-6-10(11)12/h4,6,8-9H,5,7H2,1-3H3/t9-/m1/s1. The van der Waals surface area contributed by atoms with Crippen molar-refractivity contribution in [2.24, 2.45) is 5.92 Å². The van der Waals surface area contributed by atoms with Crippen LogP contribution >= 0.6 is 0 Å². The summed E-state index contributed by atoms with van der Waals surface area (Å²) in [6, 6.07) is 0.363. The molecule has 2 heteroatoms. The van der Waals surface area contributed by atoms with Crippen LogP contribution in [0.25, 0.3) is 0 Å². The van der Waals surface area contributed by atoms with E-state index in [1.165, 1.54) is 0 Å². The zero-order chi connectivity index (χ0) is 9.14. The minimum Gasteiger partial charge on any atom is -0.336 e. The highest BCUT2D eigenvalue weighted by molar-refractivity contribution is 5.88. The van der Waals surface area contributed by atoms with Gasteiger partial charge in [0.15, 0.2) is 0 Å². The fourth-order valence-corrected chi connectivity index (χ4v) is 1.37. The number of nitrogens with zero attached hydrogens (tertiary/aromatic N) is 1. The van der Waals surface area contributed by atoms with Crippen LogP contribution in [0.5, 0.6) is 0 Å². The maximum Gasteiger partial charge on any atom is 0.246 e. The second-order valence-corrected chi connectivity index (χ2v) is 3.71. The highest BCUT2D eigenvalue weighted by Gasteiger charge is 2.21. The predicted molar refractivity (Wildman–Crippen MR) is 49.8 cm³/mol. The van der Waals surface area contributed by atoms with Crippen LogP contribution in [-0.2, 0) is 4.79 Å². The van der Waals surface area contributed by atoms with Gasteiger partial charge in [-0.15, -0.1) is 0 Å². The first kappa shape index (κ1) is 9.30. The van der Waals surface area contributed by atoms with Gasteiger partial charge in [-0.05, 0) is 25.3 Å². The van der Waals surface area contributed by atoms with Crippen molar-refractivity contribution >= 4 is 5.91 Å². The van der Waals surface area contributed by atoms with Gasteiger partial charge in [0.2, 0.25) is 5.91 Å². The first-order valence-corrected chi connectivity index (χ1v) is 4.60. The van der Waals surface area contributed by atoms with Crippen LogP contribution in [0.1, 0.15) is 27.2 Å². The molecule has 0 saturated heterocycles.